The van der Waals surface area contributed by atoms with E-state index in [1.165, 1.54) is 23.3 Å². The summed E-state index contributed by atoms with van der Waals surface area (Å²) in [5.41, 5.74) is 2.24. The fourth-order valence-electron chi connectivity index (χ4n) is 3.35. The monoisotopic (exact) mass is 472 g/mol. The number of aryl methyl sites for hydroxylation is 3. The Bertz CT molecular complexity index is 1400. The van der Waals surface area contributed by atoms with Crippen molar-refractivity contribution in [2.24, 2.45) is 7.05 Å². The van der Waals surface area contributed by atoms with Crippen molar-refractivity contribution in [3.05, 3.63) is 47.1 Å². The minimum Gasteiger partial charge on any atom is -0.331 e. The van der Waals surface area contributed by atoms with Gasteiger partial charge in [0, 0.05) is 44.9 Å². The number of imidazole rings is 1. The Morgan fingerprint density at radius 2 is 2.00 bits per heavy atom. The third-order valence-corrected chi connectivity index (χ3v) is 8.00. The molecule has 0 bridgehead atoms. The van der Waals surface area contributed by atoms with Crippen LogP contribution >= 0.6 is 11.3 Å². The first-order valence-corrected chi connectivity index (χ1v) is 12.2. The number of hydrogen-bond acceptors (Lipinski definition) is 6. The molecule has 11 heteroatoms. The second-order valence-electron chi connectivity index (χ2n) is 7.65. The minimum absolute atomic E-state index is 0.173. The average molecular weight is 473 g/mol. The third kappa shape index (κ3) is 4.31. The molecule has 2 N–H and O–H groups in total. The van der Waals surface area contributed by atoms with Crippen LogP contribution in [0.5, 0.6) is 0 Å². The molecule has 168 valence electrons. The van der Waals surface area contributed by atoms with Crippen LogP contribution in [0.25, 0.3) is 21.6 Å². The summed E-state index contributed by atoms with van der Waals surface area (Å²) < 4.78 is 27.8. The lowest BCUT2D eigenvalue weighted by Crippen LogP contribution is -2.22. The van der Waals surface area contributed by atoms with E-state index in [1.54, 1.807) is 29.5 Å². The van der Waals surface area contributed by atoms with Crippen molar-refractivity contribution >= 4 is 44.1 Å². The first-order valence-electron chi connectivity index (χ1n) is 9.95. The van der Waals surface area contributed by atoms with Crippen molar-refractivity contribution in [2.75, 3.05) is 19.4 Å². The topological polar surface area (TPSA) is 113 Å². The molecule has 0 saturated heterocycles. The van der Waals surface area contributed by atoms with Crippen LogP contribution in [0.1, 0.15) is 17.1 Å². The first kappa shape index (κ1) is 22.2. The van der Waals surface area contributed by atoms with Crippen LogP contribution in [0.2, 0.25) is 0 Å². The molecule has 3 aromatic heterocycles. The van der Waals surface area contributed by atoms with Crippen LogP contribution in [0.3, 0.4) is 0 Å². The fraction of sp³-hybridized carbons (Fsp3) is 0.286. The summed E-state index contributed by atoms with van der Waals surface area (Å²) in [6.45, 7) is 2.04. The molecule has 1 amide bonds. The van der Waals surface area contributed by atoms with Gasteiger partial charge in [0.25, 0.3) is 0 Å². The molecule has 0 aliphatic carbocycles. The number of sulfonamides is 1. The van der Waals surface area contributed by atoms with Crippen LogP contribution in [0, 0.1) is 6.92 Å². The Morgan fingerprint density at radius 1 is 1.22 bits per heavy atom. The lowest BCUT2D eigenvalue weighted by atomic mass is 10.2. The zero-order valence-corrected chi connectivity index (χ0v) is 19.8. The number of carbonyl (C=O) groups is 1. The van der Waals surface area contributed by atoms with Gasteiger partial charge in [-0.2, -0.15) is 5.10 Å². The number of rotatable bonds is 7. The van der Waals surface area contributed by atoms with Crippen LogP contribution in [0.15, 0.2) is 41.3 Å². The van der Waals surface area contributed by atoms with Gasteiger partial charge in [0.2, 0.25) is 15.9 Å². The maximum Gasteiger partial charge on any atom is 0.242 e. The Kier molecular flexibility index (Phi) is 5.89. The van der Waals surface area contributed by atoms with E-state index in [2.05, 4.69) is 20.5 Å². The predicted octanol–water partition coefficient (Wildman–Crippen LogP) is 3.15. The lowest BCUT2D eigenvalue weighted by Gasteiger charge is -2.10. The quantitative estimate of drug-likeness (QED) is 0.429. The van der Waals surface area contributed by atoms with Gasteiger partial charge in [0.15, 0.2) is 5.82 Å². The molecule has 3 heterocycles. The maximum atomic E-state index is 12.4. The largest absolute Gasteiger partial charge is 0.331 e. The molecule has 0 radical (unpaired) electrons. The first-order chi connectivity index (χ1) is 15.1. The summed E-state index contributed by atoms with van der Waals surface area (Å²) in [7, 11) is 1.30. The van der Waals surface area contributed by atoms with Crippen molar-refractivity contribution in [1.82, 2.24) is 24.1 Å². The molecule has 1 aromatic carbocycles. The van der Waals surface area contributed by atoms with Gasteiger partial charge in [-0.1, -0.05) is 0 Å². The number of amides is 1. The summed E-state index contributed by atoms with van der Waals surface area (Å²) in [4.78, 5) is 19.4. The molecule has 32 heavy (non-hydrogen) atoms. The van der Waals surface area contributed by atoms with Crippen LogP contribution < -0.4 is 5.32 Å². The van der Waals surface area contributed by atoms with Gasteiger partial charge in [-0.05, 0) is 37.3 Å². The van der Waals surface area contributed by atoms with E-state index < -0.39 is 10.0 Å². The molecule has 9 nitrogen and oxygen atoms in total. The summed E-state index contributed by atoms with van der Waals surface area (Å²) in [6.07, 6.45) is 0.633. The van der Waals surface area contributed by atoms with Crippen LogP contribution in [-0.2, 0) is 28.3 Å². The number of nitrogens with one attached hydrogen (secondary N) is 2. The van der Waals surface area contributed by atoms with Crippen molar-refractivity contribution in [3.63, 3.8) is 0 Å². The van der Waals surface area contributed by atoms with E-state index in [0.29, 0.717) is 23.6 Å². The third-order valence-electron chi connectivity index (χ3n) is 5.15. The van der Waals surface area contributed by atoms with Gasteiger partial charge >= 0.3 is 0 Å². The Labute approximate surface area is 190 Å². The van der Waals surface area contributed by atoms with Crippen LogP contribution in [0.4, 0.5) is 5.82 Å². The number of nitrogens with zero attached hydrogens (tertiary/aromatic N) is 4. The Balaban J connectivity index is 1.44. The number of fused-ring (bicyclic) bond motifs is 1. The van der Waals surface area contributed by atoms with Gasteiger partial charge in [0.05, 0.1) is 26.5 Å². The number of hydrogen-bond donors (Lipinski definition) is 2. The van der Waals surface area contributed by atoms with Gasteiger partial charge in [-0.25, -0.2) is 17.7 Å². The Hall–Kier alpha value is -3.02. The summed E-state index contributed by atoms with van der Waals surface area (Å²) in [5.74, 6) is 0.999. The number of thiophene rings is 1. The second kappa shape index (κ2) is 8.49. The molecule has 0 aliphatic heterocycles. The van der Waals surface area contributed by atoms with E-state index >= 15 is 0 Å². The average Bonchev–Trinajstić information content (AvgIpc) is 3.45. The number of anilines is 1. The standard InChI is InChI=1S/C21H24N6O3S2/c1-13-5-8-18(31-13)16-12-19(25-24-16)23-21(28)10-9-20-22-15-11-14(32(29,30)26(2)3)6-7-17(15)27(20)4/h5-8,11-12H,9-10H2,1-4H3,(H2,23,24,25,28). The molecule has 0 aliphatic rings. The number of benzene rings is 1. The van der Waals surface area contributed by atoms with Crippen LogP contribution in [-0.4, -0.2) is 52.5 Å². The molecule has 0 spiro atoms. The van der Waals surface area contributed by atoms with E-state index in [-0.39, 0.29) is 17.2 Å². The van der Waals surface area contributed by atoms with E-state index in [1.807, 2.05) is 36.7 Å². The second-order valence-corrected chi connectivity index (χ2v) is 11.1. The van der Waals surface area contributed by atoms with E-state index in [0.717, 1.165) is 16.1 Å². The summed E-state index contributed by atoms with van der Waals surface area (Å²) in [6, 6.07) is 10.7. The van der Waals surface area contributed by atoms with E-state index in [9.17, 15) is 13.2 Å². The van der Waals surface area contributed by atoms with Gasteiger partial charge < -0.3 is 9.88 Å². The normalized spacial score (nSPS) is 12.0. The zero-order valence-electron chi connectivity index (χ0n) is 18.2. The molecule has 0 atom stereocenters. The Morgan fingerprint density at radius 3 is 2.69 bits per heavy atom. The molecule has 0 saturated carbocycles. The molecular formula is C21H24N6O3S2. The molecule has 4 aromatic rings. The number of H-pyrrole nitrogens is 1. The fourth-order valence-corrected chi connectivity index (χ4v) is 5.10. The smallest absolute Gasteiger partial charge is 0.242 e. The molecule has 0 fully saturated rings. The number of carbonyl (C=O) groups excluding carboxylic acids is 1. The number of aromatic nitrogens is 4. The summed E-state index contributed by atoms with van der Waals surface area (Å²) >= 11 is 1.65. The SMILES string of the molecule is Cc1ccc(-c2cc(NC(=O)CCc3nc4cc(S(=O)(=O)N(C)C)ccc4n3C)n[nH]2)s1. The van der Waals surface area contributed by atoms with Crippen molar-refractivity contribution in [3.8, 4) is 10.6 Å². The molecule has 4 rings (SSSR count). The highest BCUT2D eigenvalue weighted by Crippen LogP contribution is 2.27. The van der Waals surface area contributed by atoms with Crippen molar-refractivity contribution in [1.29, 1.82) is 0 Å². The van der Waals surface area contributed by atoms with Crippen molar-refractivity contribution in [2.45, 2.75) is 24.7 Å². The molecule has 0 unspecified atom stereocenters. The minimum atomic E-state index is -3.54. The van der Waals surface area contributed by atoms with Crippen molar-refractivity contribution < 1.29 is 13.2 Å². The molecular weight excluding hydrogens is 448 g/mol. The van der Waals surface area contributed by atoms with Gasteiger partial charge in [-0.15, -0.1) is 11.3 Å². The zero-order chi connectivity index (χ0) is 23.0. The van der Waals surface area contributed by atoms with Gasteiger partial charge in [0.1, 0.15) is 5.82 Å². The van der Waals surface area contributed by atoms with Gasteiger partial charge in [-0.3, -0.25) is 9.89 Å². The maximum absolute atomic E-state index is 12.4. The number of aromatic amines is 1. The highest BCUT2D eigenvalue weighted by atomic mass is 32.2. The summed E-state index contributed by atoms with van der Waals surface area (Å²) in [5, 5.41) is 9.91. The predicted molar refractivity (Wildman–Crippen MR) is 125 cm³/mol. The highest BCUT2D eigenvalue weighted by molar-refractivity contribution is 7.89. The van der Waals surface area contributed by atoms with E-state index in [4.69, 9.17) is 0 Å². The highest BCUT2D eigenvalue weighted by Gasteiger charge is 2.19. The lowest BCUT2D eigenvalue weighted by molar-refractivity contribution is -0.116.